The summed E-state index contributed by atoms with van der Waals surface area (Å²) in [6, 6.07) is 5.86. The Labute approximate surface area is 187 Å². The Hall–Kier alpha value is -2.49. The highest BCUT2D eigenvalue weighted by atomic mass is 79.9. The van der Waals surface area contributed by atoms with Gasteiger partial charge >= 0.3 is 0 Å². The van der Waals surface area contributed by atoms with Crippen molar-refractivity contribution in [1.29, 1.82) is 0 Å². The van der Waals surface area contributed by atoms with Gasteiger partial charge in [0.15, 0.2) is 17.3 Å². The molecule has 0 amide bonds. The van der Waals surface area contributed by atoms with E-state index in [2.05, 4.69) is 30.8 Å². The Morgan fingerprint density at radius 1 is 1.19 bits per heavy atom. The van der Waals surface area contributed by atoms with Gasteiger partial charge in [-0.1, -0.05) is 0 Å². The lowest BCUT2D eigenvalue weighted by Crippen LogP contribution is -2.33. The highest BCUT2D eigenvalue weighted by Gasteiger charge is 2.18. The molecule has 0 aliphatic carbocycles. The highest BCUT2D eigenvalue weighted by Crippen LogP contribution is 2.34. The van der Waals surface area contributed by atoms with E-state index in [9.17, 15) is 14.6 Å². The molecular formula is C22H23BrFN3O4. The SMILES string of the molecule is COc1cc2cnc(-c3cc(O)c(Br)cc3F)nc2cc1OCC(O)CN1CCCC1. The summed E-state index contributed by atoms with van der Waals surface area (Å²) in [5.41, 5.74) is 0.610. The molecule has 4 rings (SSSR count). The normalized spacial score (nSPS) is 15.4. The summed E-state index contributed by atoms with van der Waals surface area (Å²) in [6.45, 7) is 2.68. The summed E-state index contributed by atoms with van der Waals surface area (Å²) in [4.78, 5) is 10.9. The maximum Gasteiger partial charge on any atom is 0.163 e. The van der Waals surface area contributed by atoms with E-state index in [1.165, 1.54) is 19.2 Å². The van der Waals surface area contributed by atoms with Crippen LogP contribution in [0.15, 0.2) is 34.9 Å². The molecule has 31 heavy (non-hydrogen) atoms. The molecule has 1 aliphatic rings. The Morgan fingerprint density at radius 2 is 1.97 bits per heavy atom. The Bertz CT molecular complexity index is 1090. The third-order valence-corrected chi connectivity index (χ3v) is 5.88. The monoisotopic (exact) mass is 491 g/mol. The predicted molar refractivity (Wildman–Crippen MR) is 118 cm³/mol. The second kappa shape index (κ2) is 9.33. The summed E-state index contributed by atoms with van der Waals surface area (Å²) in [7, 11) is 1.53. The molecule has 2 N–H and O–H groups in total. The molecular weight excluding hydrogens is 469 g/mol. The van der Waals surface area contributed by atoms with E-state index in [4.69, 9.17) is 9.47 Å². The number of ether oxygens (including phenoxy) is 2. The van der Waals surface area contributed by atoms with Crippen molar-refractivity contribution in [2.24, 2.45) is 0 Å². The van der Waals surface area contributed by atoms with Crippen molar-refractivity contribution < 1.29 is 24.1 Å². The van der Waals surface area contributed by atoms with E-state index in [1.54, 1.807) is 18.3 Å². The van der Waals surface area contributed by atoms with Gasteiger partial charge in [-0.15, -0.1) is 0 Å². The number of rotatable bonds is 7. The molecule has 1 unspecified atom stereocenters. The van der Waals surface area contributed by atoms with Crippen LogP contribution in [0.1, 0.15) is 12.8 Å². The number of likely N-dealkylation sites (tertiary alicyclic amines) is 1. The molecule has 3 aromatic rings. The maximum absolute atomic E-state index is 14.4. The molecule has 1 fully saturated rings. The van der Waals surface area contributed by atoms with Crippen LogP contribution in [0.5, 0.6) is 17.2 Å². The van der Waals surface area contributed by atoms with Gasteiger partial charge in [0, 0.05) is 24.2 Å². The van der Waals surface area contributed by atoms with Gasteiger partial charge in [0.2, 0.25) is 0 Å². The van der Waals surface area contributed by atoms with Crippen molar-refractivity contribution in [2.75, 3.05) is 33.4 Å². The Kier molecular flexibility index (Phi) is 6.54. The number of aliphatic hydroxyl groups is 1. The standard InChI is InChI=1S/C22H23BrFN3O4/c1-30-20-6-13-10-25-22(15-7-19(29)16(23)8-17(15)24)26-18(13)9-21(20)31-12-14(28)11-27-4-2-3-5-27/h6-10,14,28-29H,2-5,11-12H2,1H3. The zero-order chi connectivity index (χ0) is 22.0. The first-order chi connectivity index (χ1) is 14.9. The van der Waals surface area contributed by atoms with E-state index in [-0.39, 0.29) is 28.2 Å². The van der Waals surface area contributed by atoms with Crippen molar-refractivity contribution in [1.82, 2.24) is 14.9 Å². The first-order valence-electron chi connectivity index (χ1n) is 10.0. The van der Waals surface area contributed by atoms with E-state index in [0.29, 0.717) is 28.9 Å². The molecule has 1 atom stereocenters. The van der Waals surface area contributed by atoms with Crippen molar-refractivity contribution in [2.45, 2.75) is 18.9 Å². The van der Waals surface area contributed by atoms with Crippen molar-refractivity contribution in [3.05, 3.63) is 40.8 Å². The summed E-state index contributed by atoms with van der Waals surface area (Å²) in [5.74, 6) is 0.395. The summed E-state index contributed by atoms with van der Waals surface area (Å²) in [5, 5.41) is 20.9. The fraction of sp³-hybridized carbons (Fsp3) is 0.364. The lowest BCUT2D eigenvalue weighted by atomic mass is 10.1. The second-order valence-corrected chi connectivity index (χ2v) is 8.37. The van der Waals surface area contributed by atoms with E-state index in [0.717, 1.165) is 25.9 Å². The van der Waals surface area contributed by atoms with Gasteiger partial charge in [-0.05, 0) is 60.1 Å². The number of aromatic hydroxyl groups is 1. The van der Waals surface area contributed by atoms with Crippen LogP contribution in [0.2, 0.25) is 0 Å². The molecule has 1 saturated heterocycles. The number of aromatic nitrogens is 2. The number of methoxy groups -OCH3 is 1. The molecule has 2 aromatic carbocycles. The molecule has 0 bridgehead atoms. The predicted octanol–water partition coefficient (Wildman–Crippen LogP) is 3.75. The van der Waals surface area contributed by atoms with Crippen LogP contribution in [0, 0.1) is 5.82 Å². The molecule has 9 heteroatoms. The Balaban J connectivity index is 1.59. The molecule has 7 nitrogen and oxygen atoms in total. The number of hydrogen-bond donors (Lipinski definition) is 2. The summed E-state index contributed by atoms with van der Waals surface area (Å²) < 4.78 is 25.9. The topological polar surface area (TPSA) is 87.9 Å². The molecule has 0 spiro atoms. The third-order valence-electron chi connectivity index (χ3n) is 5.24. The minimum atomic E-state index is -0.626. The average Bonchev–Trinajstić information content (AvgIpc) is 3.26. The number of phenols is 1. The van der Waals surface area contributed by atoms with Gasteiger partial charge in [-0.25, -0.2) is 14.4 Å². The van der Waals surface area contributed by atoms with Crippen LogP contribution in [-0.2, 0) is 0 Å². The fourth-order valence-electron chi connectivity index (χ4n) is 3.65. The maximum atomic E-state index is 14.4. The summed E-state index contributed by atoms with van der Waals surface area (Å²) in [6.07, 6.45) is 3.25. The number of phenolic OH excluding ortho intramolecular Hbond substituents is 1. The van der Waals surface area contributed by atoms with E-state index in [1.807, 2.05) is 0 Å². The van der Waals surface area contributed by atoms with Gasteiger partial charge in [-0.2, -0.15) is 0 Å². The van der Waals surface area contributed by atoms with Crippen molar-refractivity contribution in [3.63, 3.8) is 0 Å². The van der Waals surface area contributed by atoms with Crippen LogP contribution in [0.3, 0.4) is 0 Å². The van der Waals surface area contributed by atoms with Gasteiger partial charge in [0.1, 0.15) is 24.3 Å². The van der Waals surface area contributed by atoms with Crippen LogP contribution in [0.4, 0.5) is 4.39 Å². The zero-order valence-electron chi connectivity index (χ0n) is 17.0. The van der Waals surface area contributed by atoms with Crippen molar-refractivity contribution in [3.8, 4) is 28.6 Å². The lowest BCUT2D eigenvalue weighted by Gasteiger charge is -2.20. The molecule has 164 valence electrons. The molecule has 1 aromatic heterocycles. The highest BCUT2D eigenvalue weighted by molar-refractivity contribution is 9.10. The average molecular weight is 492 g/mol. The fourth-order valence-corrected chi connectivity index (χ4v) is 3.97. The van der Waals surface area contributed by atoms with Gasteiger partial charge in [0.05, 0.1) is 22.7 Å². The number of fused-ring (bicyclic) bond motifs is 1. The van der Waals surface area contributed by atoms with Crippen molar-refractivity contribution >= 4 is 26.8 Å². The number of halogens is 2. The smallest absolute Gasteiger partial charge is 0.163 e. The number of β-amino-alcohol motifs (C(OH)–C–C–N with tert-alkyl or cyclic N) is 1. The van der Waals surface area contributed by atoms with Crippen LogP contribution >= 0.6 is 15.9 Å². The minimum Gasteiger partial charge on any atom is -0.507 e. The molecule has 2 heterocycles. The number of aliphatic hydroxyl groups excluding tert-OH is 1. The largest absolute Gasteiger partial charge is 0.507 e. The van der Waals surface area contributed by atoms with Crippen LogP contribution in [0.25, 0.3) is 22.3 Å². The Morgan fingerprint density at radius 3 is 2.71 bits per heavy atom. The number of hydrogen-bond acceptors (Lipinski definition) is 7. The van der Waals surface area contributed by atoms with E-state index >= 15 is 0 Å². The van der Waals surface area contributed by atoms with Crippen LogP contribution in [-0.4, -0.2) is 64.5 Å². The quantitative estimate of drug-likeness (QED) is 0.520. The van der Waals surface area contributed by atoms with Gasteiger partial charge in [0.25, 0.3) is 0 Å². The van der Waals surface area contributed by atoms with Crippen LogP contribution < -0.4 is 9.47 Å². The van der Waals surface area contributed by atoms with E-state index < -0.39 is 11.9 Å². The molecule has 0 saturated carbocycles. The number of benzene rings is 2. The molecule has 0 radical (unpaired) electrons. The first kappa shape index (κ1) is 21.7. The second-order valence-electron chi connectivity index (χ2n) is 7.51. The first-order valence-corrected chi connectivity index (χ1v) is 10.8. The lowest BCUT2D eigenvalue weighted by molar-refractivity contribution is 0.0747. The minimum absolute atomic E-state index is 0.0851. The summed E-state index contributed by atoms with van der Waals surface area (Å²) >= 11 is 3.09. The zero-order valence-corrected chi connectivity index (χ0v) is 18.6. The molecule has 1 aliphatic heterocycles. The van der Waals surface area contributed by atoms with Gasteiger partial charge < -0.3 is 24.6 Å². The number of nitrogens with zero attached hydrogens (tertiary/aromatic N) is 3. The van der Waals surface area contributed by atoms with Gasteiger partial charge in [-0.3, -0.25) is 0 Å². The third kappa shape index (κ3) is 4.89.